The zero-order valence-electron chi connectivity index (χ0n) is 13.7. The molecular weight excluding hydrogens is 519 g/mol. The van der Waals surface area contributed by atoms with Gasteiger partial charge in [-0.25, -0.2) is 4.79 Å². The Labute approximate surface area is 176 Å². The number of aromatic carboxylic acids is 1. The Balaban J connectivity index is 2.21. The first kappa shape index (κ1) is 21.8. The second-order valence-corrected chi connectivity index (χ2v) is 7.31. The largest absolute Gasteiger partial charge is 0.488 e. The van der Waals surface area contributed by atoms with E-state index < -0.39 is 17.7 Å². The molecule has 1 N–H and O–H groups in total. The minimum atomic E-state index is -4.47. The third-order valence-corrected chi connectivity index (χ3v) is 5.64. The molecular formula is C18H12Cl2F3IO3. The highest BCUT2D eigenvalue weighted by molar-refractivity contribution is 14.1. The van der Waals surface area contributed by atoms with Gasteiger partial charge in [0, 0.05) is 10.6 Å². The van der Waals surface area contributed by atoms with E-state index >= 15 is 0 Å². The van der Waals surface area contributed by atoms with Gasteiger partial charge in [-0.05, 0) is 65.4 Å². The summed E-state index contributed by atoms with van der Waals surface area (Å²) in [5, 5.41) is 9.29. The van der Waals surface area contributed by atoms with Crippen LogP contribution in [0, 0.1) is 10.5 Å². The van der Waals surface area contributed by atoms with Crippen molar-refractivity contribution in [1.29, 1.82) is 0 Å². The van der Waals surface area contributed by atoms with Gasteiger partial charge in [0.05, 0.1) is 19.7 Å². The van der Waals surface area contributed by atoms with Crippen LogP contribution in [0.1, 0.15) is 27.0 Å². The van der Waals surface area contributed by atoms with Crippen molar-refractivity contribution in [3.05, 3.63) is 66.2 Å². The fraction of sp³-hybridized carbons (Fsp3) is 0.167. The van der Waals surface area contributed by atoms with Crippen LogP contribution in [0.5, 0.6) is 5.75 Å². The Hall–Kier alpha value is -1.45. The number of benzene rings is 2. The summed E-state index contributed by atoms with van der Waals surface area (Å²) in [6.45, 7) is 1.51. The molecule has 0 unspecified atom stereocenters. The van der Waals surface area contributed by atoms with Crippen LogP contribution in [-0.2, 0) is 6.18 Å². The lowest BCUT2D eigenvalue weighted by atomic mass is 10.1. The molecule has 0 atom stereocenters. The molecule has 0 aliphatic rings. The van der Waals surface area contributed by atoms with Gasteiger partial charge in [0.2, 0.25) is 0 Å². The van der Waals surface area contributed by atoms with E-state index in [9.17, 15) is 18.0 Å². The number of halogens is 6. The maximum absolute atomic E-state index is 12.9. The smallest absolute Gasteiger partial charge is 0.416 e. The molecule has 9 heteroatoms. The second kappa shape index (κ2) is 8.70. The lowest BCUT2D eigenvalue weighted by Gasteiger charge is -2.13. The van der Waals surface area contributed by atoms with E-state index in [-0.39, 0.29) is 33.5 Å². The number of aryl methyl sites for hydroxylation is 1. The summed E-state index contributed by atoms with van der Waals surface area (Å²) in [4.78, 5) is 11.1. The Morgan fingerprint density at radius 2 is 1.96 bits per heavy atom. The maximum Gasteiger partial charge on any atom is 0.416 e. The Morgan fingerprint density at radius 3 is 2.56 bits per heavy atom. The van der Waals surface area contributed by atoms with Crippen LogP contribution in [-0.4, -0.2) is 17.7 Å². The molecule has 0 saturated carbocycles. The summed E-state index contributed by atoms with van der Waals surface area (Å²) in [5.41, 5.74) is -0.161. The molecule has 3 nitrogen and oxygen atoms in total. The molecule has 2 aromatic rings. The van der Waals surface area contributed by atoms with Gasteiger partial charge < -0.3 is 9.84 Å². The summed E-state index contributed by atoms with van der Waals surface area (Å²) in [6.07, 6.45) is -1.52. The molecule has 0 aromatic heterocycles. The SMILES string of the molecule is Cc1cc(C(F)(F)F)cc(OCC=Cc2c(Cl)ccc(C(=O)O)c2Cl)c1I. The Bertz CT molecular complexity index is 912. The normalized spacial score (nSPS) is 11.8. The number of rotatable bonds is 5. The second-order valence-electron chi connectivity index (χ2n) is 5.44. The van der Waals surface area contributed by atoms with Crippen molar-refractivity contribution in [1.82, 2.24) is 0 Å². The molecule has 0 fully saturated rings. The van der Waals surface area contributed by atoms with Crippen molar-refractivity contribution >= 4 is 57.8 Å². The number of carbonyl (C=O) groups is 1. The molecule has 27 heavy (non-hydrogen) atoms. The predicted molar refractivity (Wildman–Crippen MR) is 107 cm³/mol. The van der Waals surface area contributed by atoms with Crippen LogP contribution in [0.15, 0.2) is 30.3 Å². The number of alkyl halides is 3. The topological polar surface area (TPSA) is 46.5 Å². The van der Waals surface area contributed by atoms with E-state index in [1.165, 1.54) is 24.3 Å². The molecule has 2 aromatic carbocycles. The van der Waals surface area contributed by atoms with E-state index in [1.54, 1.807) is 6.92 Å². The minimum absolute atomic E-state index is 0.0317. The van der Waals surface area contributed by atoms with Crippen molar-refractivity contribution in [3.8, 4) is 5.75 Å². The molecule has 0 aliphatic heterocycles. The average molecular weight is 531 g/mol. The van der Waals surface area contributed by atoms with Crippen LogP contribution < -0.4 is 4.74 Å². The third kappa shape index (κ3) is 5.30. The Morgan fingerprint density at radius 1 is 1.30 bits per heavy atom. The molecule has 0 saturated heterocycles. The van der Waals surface area contributed by atoms with E-state index in [1.807, 2.05) is 22.6 Å². The van der Waals surface area contributed by atoms with Crippen LogP contribution >= 0.6 is 45.8 Å². The highest BCUT2D eigenvalue weighted by atomic mass is 127. The van der Waals surface area contributed by atoms with Gasteiger partial charge in [-0.2, -0.15) is 13.2 Å². The van der Waals surface area contributed by atoms with Gasteiger partial charge in [0.1, 0.15) is 12.4 Å². The number of carboxylic acid groups (broad SMARTS) is 1. The van der Waals surface area contributed by atoms with Gasteiger partial charge in [0.25, 0.3) is 0 Å². The summed E-state index contributed by atoms with van der Waals surface area (Å²) in [7, 11) is 0. The van der Waals surface area contributed by atoms with E-state index in [4.69, 9.17) is 33.0 Å². The molecule has 2 rings (SSSR count). The molecule has 0 radical (unpaired) electrons. The van der Waals surface area contributed by atoms with Crippen molar-refractivity contribution in [2.75, 3.05) is 6.61 Å². The summed E-state index contributed by atoms with van der Waals surface area (Å²) in [6, 6.07) is 4.68. The maximum atomic E-state index is 12.9. The molecule has 144 valence electrons. The monoisotopic (exact) mass is 530 g/mol. The quantitative estimate of drug-likeness (QED) is 0.437. The number of hydrogen-bond donors (Lipinski definition) is 1. The molecule has 0 aliphatic carbocycles. The van der Waals surface area contributed by atoms with Crippen molar-refractivity contribution in [3.63, 3.8) is 0 Å². The lowest BCUT2D eigenvalue weighted by molar-refractivity contribution is -0.137. The van der Waals surface area contributed by atoms with Gasteiger partial charge >= 0.3 is 12.1 Å². The molecule has 0 spiro atoms. The summed E-state index contributed by atoms with van der Waals surface area (Å²) in [5.74, 6) is -1.10. The first-order valence-corrected chi connectivity index (χ1v) is 9.23. The van der Waals surface area contributed by atoms with Crippen LogP contribution in [0.3, 0.4) is 0 Å². The molecule has 0 bridgehead atoms. The van der Waals surface area contributed by atoms with E-state index in [0.717, 1.165) is 12.1 Å². The highest BCUT2D eigenvalue weighted by Gasteiger charge is 2.31. The average Bonchev–Trinajstić information content (AvgIpc) is 2.56. The fourth-order valence-corrected chi connectivity index (χ4v) is 3.24. The first-order chi connectivity index (χ1) is 12.5. The van der Waals surface area contributed by atoms with Crippen LogP contribution in [0.2, 0.25) is 10.0 Å². The number of carboxylic acids is 1. The summed E-state index contributed by atoms with van der Waals surface area (Å²) < 4.78 is 44.8. The van der Waals surface area contributed by atoms with Gasteiger partial charge in [-0.15, -0.1) is 0 Å². The fourth-order valence-electron chi connectivity index (χ4n) is 2.20. The minimum Gasteiger partial charge on any atom is -0.488 e. The zero-order valence-corrected chi connectivity index (χ0v) is 17.4. The highest BCUT2D eigenvalue weighted by Crippen LogP contribution is 2.35. The van der Waals surface area contributed by atoms with Gasteiger partial charge in [-0.3, -0.25) is 0 Å². The number of hydrogen-bond acceptors (Lipinski definition) is 2. The Kier molecular flexibility index (Phi) is 7.04. The van der Waals surface area contributed by atoms with Crippen molar-refractivity contribution < 1.29 is 27.8 Å². The third-order valence-electron chi connectivity index (χ3n) is 3.53. The first-order valence-electron chi connectivity index (χ1n) is 7.40. The standard InChI is InChI=1S/C18H12Cl2F3IO3/c1-9-7-10(18(21,22)23)8-14(16(9)24)27-6-2-3-11-13(19)5-4-12(15(11)20)17(25)26/h2-5,7-8H,6H2,1H3,(H,25,26). The van der Waals surface area contributed by atoms with Crippen molar-refractivity contribution in [2.45, 2.75) is 13.1 Å². The zero-order chi connectivity index (χ0) is 20.4. The predicted octanol–water partition coefficient (Wildman–Crippen LogP) is 6.72. The van der Waals surface area contributed by atoms with Crippen LogP contribution in [0.25, 0.3) is 6.08 Å². The van der Waals surface area contributed by atoms with E-state index in [0.29, 0.717) is 9.13 Å². The molecule has 0 heterocycles. The molecule has 0 amide bonds. The number of ether oxygens (including phenoxy) is 1. The van der Waals surface area contributed by atoms with Gasteiger partial charge in [-0.1, -0.05) is 29.3 Å². The van der Waals surface area contributed by atoms with Crippen LogP contribution in [0.4, 0.5) is 13.2 Å². The summed E-state index contributed by atoms with van der Waals surface area (Å²) >= 11 is 14.0. The van der Waals surface area contributed by atoms with E-state index in [2.05, 4.69) is 0 Å². The van der Waals surface area contributed by atoms with Gasteiger partial charge in [0.15, 0.2) is 0 Å². The lowest BCUT2D eigenvalue weighted by Crippen LogP contribution is -2.07. The van der Waals surface area contributed by atoms with Crippen molar-refractivity contribution in [2.24, 2.45) is 0 Å².